The zero-order chi connectivity index (χ0) is 20.4. The number of ether oxygens (including phenoxy) is 3. The number of hydrogen-bond acceptors (Lipinski definition) is 4. The van der Waals surface area contributed by atoms with E-state index in [1.54, 1.807) is 33.5 Å². The number of methoxy groups -OCH3 is 3. The van der Waals surface area contributed by atoms with E-state index in [-0.39, 0.29) is 12.4 Å². The maximum absolute atomic E-state index is 13.7. The Morgan fingerprint density at radius 2 is 1.82 bits per heavy atom. The first-order valence-electron chi connectivity index (χ1n) is 9.10. The molecule has 2 aromatic carbocycles. The number of halogens is 1. The molecule has 0 bridgehead atoms. The highest BCUT2D eigenvalue weighted by atomic mass is 19.1. The predicted octanol–water partition coefficient (Wildman–Crippen LogP) is 3.24. The molecule has 28 heavy (non-hydrogen) atoms. The number of nitrogens with one attached hydrogen (secondary N) is 2. The van der Waals surface area contributed by atoms with E-state index in [9.17, 15) is 4.39 Å². The molecule has 0 atom stereocenters. The molecular weight excluding hydrogens is 361 g/mol. The molecule has 0 radical (unpaired) electrons. The van der Waals surface area contributed by atoms with E-state index in [1.165, 1.54) is 6.07 Å². The van der Waals surface area contributed by atoms with Crippen LogP contribution in [0.2, 0.25) is 0 Å². The first-order valence-corrected chi connectivity index (χ1v) is 9.10. The van der Waals surface area contributed by atoms with Gasteiger partial charge >= 0.3 is 0 Å². The number of rotatable bonds is 9. The van der Waals surface area contributed by atoms with Gasteiger partial charge in [0.2, 0.25) is 0 Å². The van der Waals surface area contributed by atoms with Gasteiger partial charge < -0.3 is 24.8 Å². The van der Waals surface area contributed by atoms with E-state index < -0.39 is 0 Å². The third-order valence-electron chi connectivity index (χ3n) is 4.11. The molecule has 0 unspecified atom stereocenters. The topological polar surface area (TPSA) is 64.1 Å². The summed E-state index contributed by atoms with van der Waals surface area (Å²) in [7, 11) is 4.80. The van der Waals surface area contributed by atoms with Gasteiger partial charge in [-0.25, -0.2) is 9.38 Å². The molecule has 2 aromatic rings. The van der Waals surface area contributed by atoms with Crippen LogP contribution in [0.1, 0.15) is 23.6 Å². The lowest BCUT2D eigenvalue weighted by molar-refractivity contribution is 0.181. The van der Waals surface area contributed by atoms with Crippen LogP contribution in [0.5, 0.6) is 11.5 Å². The van der Waals surface area contributed by atoms with Crippen molar-refractivity contribution in [2.24, 2.45) is 4.99 Å². The van der Waals surface area contributed by atoms with Gasteiger partial charge in [0, 0.05) is 37.4 Å². The minimum atomic E-state index is -0.272. The average molecular weight is 389 g/mol. The minimum Gasteiger partial charge on any atom is -0.497 e. The Kier molecular flexibility index (Phi) is 8.55. The predicted molar refractivity (Wildman–Crippen MR) is 108 cm³/mol. The van der Waals surface area contributed by atoms with Gasteiger partial charge in [0.1, 0.15) is 17.3 Å². The molecule has 2 N–H and O–H groups in total. The summed E-state index contributed by atoms with van der Waals surface area (Å²) in [4.78, 5) is 4.58. The Bertz CT molecular complexity index is 796. The Hall–Kier alpha value is -2.80. The zero-order valence-electron chi connectivity index (χ0n) is 16.8. The SMILES string of the molecule is CCNC(=NCc1ccc(F)c(COC)c1)NCc1ccc(OC)cc1OC. The summed E-state index contributed by atoms with van der Waals surface area (Å²) in [5, 5.41) is 6.50. The molecule has 2 rings (SSSR count). The molecule has 0 aliphatic heterocycles. The molecule has 0 amide bonds. The maximum atomic E-state index is 13.7. The van der Waals surface area contributed by atoms with E-state index in [0.717, 1.165) is 29.2 Å². The number of benzene rings is 2. The highest BCUT2D eigenvalue weighted by Crippen LogP contribution is 2.24. The molecule has 0 heterocycles. The van der Waals surface area contributed by atoms with Crippen LogP contribution in [0.3, 0.4) is 0 Å². The number of hydrogen-bond donors (Lipinski definition) is 2. The first-order chi connectivity index (χ1) is 13.6. The van der Waals surface area contributed by atoms with Crippen LogP contribution < -0.4 is 20.1 Å². The van der Waals surface area contributed by atoms with Crippen molar-refractivity contribution in [1.82, 2.24) is 10.6 Å². The lowest BCUT2D eigenvalue weighted by Gasteiger charge is -2.14. The van der Waals surface area contributed by atoms with Crippen LogP contribution in [0, 0.1) is 5.82 Å². The van der Waals surface area contributed by atoms with Gasteiger partial charge in [0.15, 0.2) is 5.96 Å². The molecule has 0 saturated carbocycles. The first kappa shape index (κ1) is 21.5. The van der Waals surface area contributed by atoms with Crippen LogP contribution in [-0.4, -0.2) is 33.8 Å². The minimum absolute atomic E-state index is 0.235. The van der Waals surface area contributed by atoms with Crippen molar-refractivity contribution in [3.05, 3.63) is 58.9 Å². The summed E-state index contributed by atoms with van der Waals surface area (Å²) < 4.78 is 29.4. The van der Waals surface area contributed by atoms with Gasteiger partial charge in [-0.3, -0.25) is 0 Å². The van der Waals surface area contributed by atoms with Gasteiger partial charge in [-0.1, -0.05) is 6.07 Å². The second kappa shape index (κ2) is 11.1. The molecule has 0 spiro atoms. The fourth-order valence-electron chi connectivity index (χ4n) is 2.68. The van der Waals surface area contributed by atoms with Crippen molar-refractivity contribution in [2.45, 2.75) is 26.6 Å². The smallest absolute Gasteiger partial charge is 0.191 e. The van der Waals surface area contributed by atoms with Crippen molar-refractivity contribution < 1.29 is 18.6 Å². The summed E-state index contributed by atoms with van der Waals surface area (Å²) in [5.41, 5.74) is 2.42. The number of nitrogens with zero attached hydrogens (tertiary/aromatic N) is 1. The van der Waals surface area contributed by atoms with Gasteiger partial charge in [-0.15, -0.1) is 0 Å². The lowest BCUT2D eigenvalue weighted by atomic mass is 10.1. The second-order valence-electron chi connectivity index (χ2n) is 6.09. The second-order valence-corrected chi connectivity index (χ2v) is 6.09. The van der Waals surface area contributed by atoms with Crippen LogP contribution in [0.25, 0.3) is 0 Å². The van der Waals surface area contributed by atoms with E-state index in [2.05, 4.69) is 15.6 Å². The van der Waals surface area contributed by atoms with Crippen LogP contribution in [0.4, 0.5) is 4.39 Å². The third kappa shape index (κ3) is 6.13. The molecule has 6 nitrogen and oxygen atoms in total. The van der Waals surface area contributed by atoms with Gasteiger partial charge in [-0.2, -0.15) is 0 Å². The summed E-state index contributed by atoms with van der Waals surface area (Å²) in [6, 6.07) is 10.6. The summed E-state index contributed by atoms with van der Waals surface area (Å²) in [6.07, 6.45) is 0. The average Bonchev–Trinajstić information content (AvgIpc) is 2.72. The van der Waals surface area contributed by atoms with Gasteiger partial charge in [0.05, 0.1) is 27.4 Å². The Morgan fingerprint density at radius 1 is 1.00 bits per heavy atom. The van der Waals surface area contributed by atoms with Crippen LogP contribution >= 0.6 is 0 Å². The lowest BCUT2D eigenvalue weighted by Crippen LogP contribution is -2.36. The Morgan fingerprint density at radius 3 is 2.50 bits per heavy atom. The highest BCUT2D eigenvalue weighted by Gasteiger charge is 2.07. The molecule has 0 aliphatic rings. The molecule has 0 fully saturated rings. The van der Waals surface area contributed by atoms with Crippen LogP contribution in [-0.2, 0) is 24.4 Å². The van der Waals surface area contributed by atoms with E-state index in [1.807, 2.05) is 25.1 Å². The summed E-state index contributed by atoms with van der Waals surface area (Å²) in [5.74, 6) is 1.87. The van der Waals surface area contributed by atoms with Crippen molar-refractivity contribution in [3.63, 3.8) is 0 Å². The van der Waals surface area contributed by atoms with E-state index in [4.69, 9.17) is 14.2 Å². The quantitative estimate of drug-likeness (QED) is 0.509. The number of guanidine groups is 1. The largest absolute Gasteiger partial charge is 0.497 e. The summed E-state index contributed by atoms with van der Waals surface area (Å²) >= 11 is 0. The molecule has 0 aromatic heterocycles. The van der Waals surface area contributed by atoms with Crippen molar-refractivity contribution in [3.8, 4) is 11.5 Å². The molecule has 0 aliphatic carbocycles. The molecule has 0 saturated heterocycles. The maximum Gasteiger partial charge on any atom is 0.191 e. The van der Waals surface area contributed by atoms with E-state index >= 15 is 0 Å². The van der Waals surface area contributed by atoms with Gasteiger partial charge in [0.25, 0.3) is 0 Å². The van der Waals surface area contributed by atoms with Crippen molar-refractivity contribution in [1.29, 1.82) is 0 Å². The fraction of sp³-hybridized carbons (Fsp3) is 0.381. The monoisotopic (exact) mass is 389 g/mol. The number of aliphatic imine (C=N–C) groups is 1. The van der Waals surface area contributed by atoms with Crippen LogP contribution in [0.15, 0.2) is 41.4 Å². The van der Waals surface area contributed by atoms with Gasteiger partial charge in [-0.05, 0) is 36.8 Å². The molecular formula is C21H28FN3O3. The standard InChI is InChI=1S/C21H28FN3O3/c1-5-23-21(24-12-15-6-9-19(22)17(10-15)14-26-2)25-13-16-7-8-18(27-3)11-20(16)28-4/h6-11H,5,12-14H2,1-4H3,(H2,23,24,25). The molecule has 7 heteroatoms. The highest BCUT2D eigenvalue weighted by molar-refractivity contribution is 5.79. The van der Waals surface area contributed by atoms with Crippen molar-refractivity contribution in [2.75, 3.05) is 27.9 Å². The Labute approximate surface area is 165 Å². The molecule has 152 valence electrons. The Balaban J connectivity index is 2.08. The third-order valence-corrected chi connectivity index (χ3v) is 4.11. The van der Waals surface area contributed by atoms with Crippen molar-refractivity contribution >= 4 is 5.96 Å². The van der Waals surface area contributed by atoms with E-state index in [0.29, 0.717) is 24.6 Å². The zero-order valence-corrected chi connectivity index (χ0v) is 16.8. The normalized spacial score (nSPS) is 11.2. The summed E-state index contributed by atoms with van der Waals surface area (Å²) in [6.45, 7) is 3.92. The fourth-order valence-corrected chi connectivity index (χ4v) is 2.68.